The van der Waals surface area contributed by atoms with Crippen LogP contribution in [-0.2, 0) is 0 Å². The quantitative estimate of drug-likeness (QED) is 0.796. The molecule has 2 atom stereocenters. The number of H-pyrrole nitrogens is 1. The highest BCUT2D eigenvalue weighted by Gasteiger charge is 2.27. The van der Waals surface area contributed by atoms with Crippen molar-refractivity contribution in [2.24, 2.45) is 0 Å². The van der Waals surface area contributed by atoms with E-state index in [0.717, 1.165) is 43.0 Å². The molecule has 1 aliphatic heterocycles. The average Bonchev–Trinajstić information content (AvgIpc) is 2.68. The van der Waals surface area contributed by atoms with E-state index in [4.69, 9.17) is 0 Å². The lowest BCUT2D eigenvalue weighted by Crippen LogP contribution is -2.37. The third-order valence-electron chi connectivity index (χ3n) is 5.05. The third kappa shape index (κ3) is 3.17. The lowest BCUT2D eigenvalue weighted by Gasteiger charge is -2.36. The largest absolute Gasteiger partial charge is 0.309 e. The monoisotopic (exact) mass is 335 g/mol. The second-order valence-corrected chi connectivity index (χ2v) is 6.61. The van der Waals surface area contributed by atoms with Crippen molar-refractivity contribution < 1.29 is 0 Å². The van der Waals surface area contributed by atoms with Gasteiger partial charge in [0.05, 0.1) is 16.9 Å². The molecule has 1 fully saturated rings. The highest BCUT2D eigenvalue weighted by Crippen LogP contribution is 2.30. The molecule has 3 aromatic rings. The molecule has 1 N–H and O–H groups in total. The Bertz CT molecular complexity index is 924. The molecule has 4 rings (SSSR count). The Labute approximate surface area is 146 Å². The molecule has 6 heteroatoms. The smallest absolute Gasteiger partial charge is 0.258 e. The number of hydrogen-bond donors (Lipinski definition) is 1. The van der Waals surface area contributed by atoms with Gasteiger partial charge in [-0.15, -0.1) is 0 Å². The van der Waals surface area contributed by atoms with Gasteiger partial charge in [-0.2, -0.15) is 0 Å². The van der Waals surface area contributed by atoms with Gasteiger partial charge in [0, 0.05) is 24.4 Å². The van der Waals surface area contributed by atoms with Gasteiger partial charge in [0.25, 0.3) is 5.56 Å². The van der Waals surface area contributed by atoms with Crippen LogP contribution in [0.4, 0.5) is 0 Å². The molecule has 6 nitrogen and oxygen atoms in total. The van der Waals surface area contributed by atoms with Crippen molar-refractivity contribution in [3.8, 4) is 0 Å². The van der Waals surface area contributed by atoms with Crippen molar-refractivity contribution >= 4 is 10.9 Å². The predicted molar refractivity (Wildman–Crippen MR) is 96.4 cm³/mol. The maximum atomic E-state index is 12.3. The zero-order chi connectivity index (χ0) is 17.2. The van der Waals surface area contributed by atoms with Crippen LogP contribution < -0.4 is 5.56 Å². The van der Waals surface area contributed by atoms with Crippen molar-refractivity contribution in [1.29, 1.82) is 0 Å². The minimum Gasteiger partial charge on any atom is -0.309 e. The zero-order valence-corrected chi connectivity index (χ0v) is 14.2. The first kappa shape index (κ1) is 15.9. The number of nitrogens with one attached hydrogen (secondary N) is 1. The molecule has 0 radical (unpaired) electrons. The molecule has 2 aromatic heterocycles. The molecule has 2 unspecified atom stereocenters. The summed E-state index contributed by atoms with van der Waals surface area (Å²) in [5.41, 5.74) is 1.76. The number of rotatable bonds is 3. The number of likely N-dealkylation sites (tertiary alicyclic amines) is 1. The lowest BCUT2D eigenvalue weighted by molar-refractivity contribution is 0.151. The van der Waals surface area contributed by atoms with Crippen LogP contribution in [0.1, 0.15) is 43.2 Å². The van der Waals surface area contributed by atoms with Crippen LogP contribution in [0.5, 0.6) is 0 Å². The third-order valence-corrected chi connectivity index (χ3v) is 5.05. The average molecular weight is 335 g/mol. The SMILES string of the molecule is CC(c1nc2ccccc2c(=O)[nH]1)N1CCCC(c2ccncn2)C1. The Hall–Kier alpha value is -2.60. The van der Waals surface area contributed by atoms with Gasteiger partial charge in [-0.25, -0.2) is 15.0 Å². The van der Waals surface area contributed by atoms with E-state index >= 15 is 0 Å². The van der Waals surface area contributed by atoms with E-state index in [9.17, 15) is 4.79 Å². The normalized spacial score (nSPS) is 19.8. The van der Waals surface area contributed by atoms with Crippen LogP contribution >= 0.6 is 0 Å². The van der Waals surface area contributed by atoms with E-state index in [0.29, 0.717) is 11.3 Å². The summed E-state index contributed by atoms with van der Waals surface area (Å²) in [7, 11) is 0. The molecule has 1 saturated heterocycles. The van der Waals surface area contributed by atoms with Crippen molar-refractivity contribution in [1.82, 2.24) is 24.8 Å². The maximum absolute atomic E-state index is 12.3. The fourth-order valence-electron chi connectivity index (χ4n) is 3.62. The van der Waals surface area contributed by atoms with Crippen molar-refractivity contribution in [2.45, 2.75) is 31.7 Å². The number of piperidine rings is 1. The van der Waals surface area contributed by atoms with Crippen molar-refractivity contribution in [3.63, 3.8) is 0 Å². The van der Waals surface area contributed by atoms with Gasteiger partial charge in [-0.05, 0) is 44.5 Å². The first-order valence-electron chi connectivity index (χ1n) is 8.71. The fourth-order valence-corrected chi connectivity index (χ4v) is 3.62. The summed E-state index contributed by atoms with van der Waals surface area (Å²) in [5, 5.41) is 0.635. The zero-order valence-electron chi connectivity index (χ0n) is 14.2. The van der Waals surface area contributed by atoms with Gasteiger partial charge in [0.15, 0.2) is 0 Å². The van der Waals surface area contributed by atoms with E-state index in [1.165, 1.54) is 0 Å². The molecule has 0 bridgehead atoms. The number of aromatic nitrogens is 4. The number of aromatic amines is 1. The molecule has 0 spiro atoms. The summed E-state index contributed by atoms with van der Waals surface area (Å²) in [6, 6.07) is 9.52. The fraction of sp³-hybridized carbons (Fsp3) is 0.368. The maximum Gasteiger partial charge on any atom is 0.258 e. The summed E-state index contributed by atoms with van der Waals surface area (Å²) in [6.07, 6.45) is 5.64. The number of fused-ring (bicyclic) bond motifs is 1. The molecule has 128 valence electrons. The standard InChI is InChI=1S/C19H21N5O/c1-13(18-22-17-7-3-2-6-15(17)19(25)23-18)24-10-4-5-14(11-24)16-8-9-20-12-21-16/h2-3,6-9,12-14H,4-5,10-11H2,1H3,(H,22,23,25). The van der Waals surface area contributed by atoms with Crippen molar-refractivity contribution in [3.05, 3.63) is 64.7 Å². The summed E-state index contributed by atoms with van der Waals surface area (Å²) in [4.78, 5) is 30.8. The van der Waals surface area contributed by atoms with Gasteiger partial charge >= 0.3 is 0 Å². The van der Waals surface area contributed by atoms with Crippen LogP contribution in [0.2, 0.25) is 0 Å². The predicted octanol–water partition coefficient (Wildman–Crippen LogP) is 2.65. The topological polar surface area (TPSA) is 74.8 Å². The summed E-state index contributed by atoms with van der Waals surface area (Å²) in [6.45, 7) is 4.02. The first-order chi connectivity index (χ1) is 12.2. The molecule has 1 aromatic carbocycles. The van der Waals surface area contributed by atoms with Gasteiger partial charge in [0.1, 0.15) is 12.2 Å². The molecule has 0 amide bonds. The second-order valence-electron chi connectivity index (χ2n) is 6.61. The van der Waals surface area contributed by atoms with Crippen LogP contribution in [0.15, 0.2) is 47.7 Å². The van der Waals surface area contributed by atoms with Crippen molar-refractivity contribution in [2.75, 3.05) is 13.1 Å². The Morgan fingerprint density at radius 2 is 2.16 bits per heavy atom. The van der Waals surface area contributed by atoms with Crippen LogP contribution in [0.25, 0.3) is 10.9 Å². The van der Waals surface area contributed by atoms with Gasteiger partial charge < -0.3 is 4.98 Å². The number of nitrogens with zero attached hydrogens (tertiary/aromatic N) is 4. The Morgan fingerprint density at radius 1 is 1.28 bits per heavy atom. The summed E-state index contributed by atoms with van der Waals surface area (Å²) in [5.74, 6) is 1.12. The van der Waals surface area contributed by atoms with E-state index < -0.39 is 0 Å². The highest BCUT2D eigenvalue weighted by atomic mass is 16.1. The number of benzene rings is 1. The molecular weight excluding hydrogens is 314 g/mol. The first-order valence-corrected chi connectivity index (χ1v) is 8.71. The van der Waals surface area contributed by atoms with E-state index in [1.807, 2.05) is 30.3 Å². The van der Waals surface area contributed by atoms with Crippen LogP contribution in [-0.4, -0.2) is 37.9 Å². The van der Waals surface area contributed by atoms with E-state index in [-0.39, 0.29) is 11.6 Å². The van der Waals surface area contributed by atoms with E-state index in [1.54, 1.807) is 12.5 Å². The Morgan fingerprint density at radius 3 is 3.00 bits per heavy atom. The van der Waals surface area contributed by atoms with Crippen LogP contribution in [0, 0.1) is 0 Å². The second kappa shape index (κ2) is 6.72. The Balaban J connectivity index is 1.60. The minimum absolute atomic E-state index is 0.0574. The summed E-state index contributed by atoms with van der Waals surface area (Å²) >= 11 is 0. The minimum atomic E-state index is -0.0724. The summed E-state index contributed by atoms with van der Waals surface area (Å²) < 4.78 is 0. The van der Waals surface area contributed by atoms with Gasteiger partial charge in [-0.1, -0.05) is 12.1 Å². The molecule has 0 saturated carbocycles. The van der Waals surface area contributed by atoms with Gasteiger partial charge in [-0.3, -0.25) is 9.69 Å². The molecule has 1 aliphatic rings. The Kier molecular flexibility index (Phi) is 4.28. The number of para-hydroxylation sites is 1. The lowest BCUT2D eigenvalue weighted by atomic mass is 9.93. The van der Waals surface area contributed by atoms with E-state index in [2.05, 4.69) is 31.8 Å². The van der Waals surface area contributed by atoms with Gasteiger partial charge in [0.2, 0.25) is 0 Å². The molecule has 25 heavy (non-hydrogen) atoms. The molecule has 0 aliphatic carbocycles. The highest BCUT2D eigenvalue weighted by molar-refractivity contribution is 5.77. The molecule has 3 heterocycles. The van der Waals surface area contributed by atoms with Crippen LogP contribution in [0.3, 0.4) is 0 Å². The number of hydrogen-bond acceptors (Lipinski definition) is 5. The molecular formula is C19H21N5O.